The molecule has 3 N–H and O–H groups in total. The molecule has 5 nitrogen and oxygen atoms in total. The standard InChI is InChI=1S/C15H24N2O3S/c1-9-5-6-17(8-13(9)18)21(19,20)15-11(3)7-10(2)14(16)12(15)4/h7,9,13,18H,5-6,8,16H2,1-4H3. The van der Waals surface area contributed by atoms with Crippen molar-refractivity contribution < 1.29 is 13.5 Å². The lowest BCUT2D eigenvalue weighted by atomic mass is 9.98. The molecule has 1 heterocycles. The van der Waals surface area contributed by atoms with Gasteiger partial charge in [0.15, 0.2) is 0 Å². The number of piperidine rings is 1. The number of aliphatic hydroxyl groups is 1. The van der Waals surface area contributed by atoms with Crippen molar-refractivity contribution in [3.05, 3.63) is 22.8 Å². The number of aryl methyl sites for hydroxylation is 2. The van der Waals surface area contributed by atoms with Crippen molar-refractivity contribution in [1.29, 1.82) is 0 Å². The number of anilines is 1. The number of nitrogens with two attached hydrogens (primary N) is 1. The second kappa shape index (κ2) is 5.59. The molecule has 0 aliphatic carbocycles. The van der Waals surface area contributed by atoms with E-state index in [-0.39, 0.29) is 17.4 Å². The Morgan fingerprint density at radius 3 is 2.48 bits per heavy atom. The van der Waals surface area contributed by atoms with Crippen LogP contribution in [0.3, 0.4) is 0 Å². The zero-order chi connectivity index (χ0) is 15.9. The molecular weight excluding hydrogens is 288 g/mol. The zero-order valence-corrected chi connectivity index (χ0v) is 13.9. The summed E-state index contributed by atoms with van der Waals surface area (Å²) in [6, 6.07) is 1.80. The molecule has 2 rings (SSSR count). The molecule has 0 radical (unpaired) electrons. The fourth-order valence-corrected chi connectivity index (χ4v) is 4.86. The van der Waals surface area contributed by atoms with Crippen LogP contribution < -0.4 is 5.73 Å². The molecule has 1 aromatic carbocycles. The summed E-state index contributed by atoms with van der Waals surface area (Å²) >= 11 is 0. The molecule has 0 amide bonds. The fraction of sp³-hybridized carbons (Fsp3) is 0.600. The monoisotopic (exact) mass is 312 g/mol. The third-order valence-electron chi connectivity index (χ3n) is 4.44. The van der Waals surface area contributed by atoms with Crippen molar-refractivity contribution in [2.45, 2.75) is 45.1 Å². The Hall–Kier alpha value is -1.11. The second-order valence-corrected chi connectivity index (χ2v) is 7.95. The van der Waals surface area contributed by atoms with Gasteiger partial charge < -0.3 is 10.8 Å². The number of hydrogen-bond donors (Lipinski definition) is 2. The molecule has 0 saturated carbocycles. The van der Waals surface area contributed by atoms with Crippen LogP contribution in [-0.2, 0) is 10.0 Å². The van der Waals surface area contributed by atoms with E-state index in [1.165, 1.54) is 4.31 Å². The van der Waals surface area contributed by atoms with Gasteiger partial charge >= 0.3 is 0 Å². The van der Waals surface area contributed by atoms with Gasteiger partial charge in [-0.15, -0.1) is 0 Å². The molecule has 0 spiro atoms. The maximum absolute atomic E-state index is 12.9. The van der Waals surface area contributed by atoms with E-state index in [9.17, 15) is 13.5 Å². The summed E-state index contributed by atoms with van der Waals surface area (Å²) in [5, 5.41) is 9.96. The summed E-state index contributed by atoms with van der Waals surface area (Å²) in [5.41, 5.74) is 8.70. The molecular formula is C15H24N2O3S. The lowest BCUT2D eigenvalue weighted by molar-refractivity contribution is 0.0605. The van der Waals surface area contributed by atoms with E-state index in [0.717, 1.165) is 5.56 Å². The van der Waals surface area contributed by atoms with Crippen LogP contribution in [0.1, 0.15) is 30.0 Å². The van der Waals surface area contributed by atoms with E-state index in [4.69, 9.17) is 5.73 Å². The molecule has 6 heteroatoms. The number of β-amino-alcohol motifs (C(OH)–C–C–N with tert-alkyl or cyclic N) is 1. The topological polar surface area (TPSA) is 83.6 Å². The van der Waals surface area contributed by atoms with E-state index < -0.39 is 16.1 Å². The first-order valence-corrected chi connectivity index (χ1v) is 8.64. The Labute approximate surface area is 126 Å². The summed E-state index contributed by atoms with van der Waals surface area (Å²) in [5.74, 6) is 0.127. The second-order valence-electron chi connectivity index (χ2n) is 6.07. The van der Waals surface area contributed by atoms with Crippen molar-refractivity contribution in [3.63, 3.8) is 0 Å². The third kappa shape index (κ3) is 2.80. The van der Waals surface area contributed by atoms with Gasteiger partial charge in [0.2, 0.25) is 10.0 Å². The fourth-order valence-electron chi connectivity index (χ4n) is 2.95. The van der Waals surface area contributed by atoms with Crippen LogP contribution in [0.5, 0.6) is 0 Å². The first-order chi connectivity index (χ1) is 9.66. The Morgan fingerprint density at radius 1 is 1.29 bits per heavy atom. The van der Waals surface area contributed by atoms with E-state index >= 15 is 0 Å². The van der Waals surface area contributed by atoms with E-state index in [1.54, 1.807) is 19.9 Å². The normalized spacial score (nSPS) is 24.2. The minimum Gasteiger partial charge on any atom is -0.398 e. The van der Waals surface area contributed by atoms with Crippen molar-refractivity contribution in [3.8, 4) is 0 Å². The molecule has 1 aromatic rings. The number of aliphatic hydroxyl groups excluding tert-OH is 1. The summed E-state index contributed by atoms with van der Waals surface area (Å²) < 4.78 is 27.2. The van der Waals surface area contributed by atoms with Crippen LogP contribution in [0.2, 0.25) is 0 Å². The lowest BCUT2D eigenvalue weighted by Gasteiger charge is -2.34. The number of nitrogens with zero attached hydrogens (tertiary/aromatic N) is 1. The number of benzene rings is 1. The van der Waals surface area contributed by atoms with Crippen LogP contribution in [0.15, 0.2) is 11.0 Å². The van der Waals surface area contributed by atoms with Gasteiger partial charge in [0.25, 0.3) is 0 Å². The Morgan fingerprint density at radius 2 is 1.90 bits per heavy atom. The number of hydrogen-bond acceptors (Lipinski definition) is 4. The minimum absolute atomic E-state index is 0.127. The summed E-state index contributed by atoms with van der Waals surface area (Å²) in [4.78, 5) is 0.285. The molecule has 118 valence electrons. The minimum atomic E-state index is -3.63. The predicted octanol–water partition coefficient (Wildman–Crippen LogP) is 1.59. The van der Waals surface area contributed by atoms with Gasteiger partial charge in [-0.25, -0.2) is 8.42 Å². The van der Waals surface area contributed by atoms with Gasteiger partial charge in [0.1, 0.15) is 0 Å². The van der Waals surface area contributed by atoms with Gasteiger partial charge in [0.05, 0.1) is 11.0 Å². The Bertz CT molecular complexity index is 655. The molecule has 2 unspecified atom stereocenters. The maximum Gasteiger partial charge on any atom is 0.243 e. The van der Waals surface area contributed by atoms with E-state index in [1.807, 2.05) is 13.8 Å². The van der Waals surface area contributed by atoms with Crippen LogP contribution in [0, 0.1) is 26.7 Å². The number of nitrogen functional groups attached to an aromatic ring is 1. The molecule has 1 aliphatic heterocycles. The first-order valence-electron chi connectivity index (χ1n) is 7.20. The highest BCUT2D eigenvalue weighted by atomic mass is 32.2. The smallest absolute Gasteiger partial charge is 0.243 e. The average Bonchev–Trinajstić information content (AvgIpc) is 2.39. The van der Waals surface area contributed by atoms with Crippen LogP contribution in [0.4, 0.5) is 5.69 Å². The highest BCUT2D eigenvalue weighted by Crippen LogP contribution is 2.32. The van der Waals surface area contributed by atoms with Crippen molar-refractivity contribution >= 4 is 15.7 Å². The van der Waals surface area contributed by atoms with Crippen molar-refractivity contribution in [1.82, 2.24) is 4.31 Å². The molecule has 2 atom stereocenters. The van der Waals surface area contributed by atoms with Crippen LogP contribution in [0.25, 0.3) is 0 Å². The van der Waals surface area contributed by atoms with Gasteiger partial charge in [-0.3, -0.25) is 0 Å². The Balaban J connectivity index is 2.48. The highest BCUT2D eigenvalue weighted by Gasteiger charge is 2.34. The largest absolute Gasteiger partial charge is 0.398 e. The van der Waals surface area contributed by atoms with Gasteiger partial charge in [-0.1, -0.05) is 13.0 Å². The SMILES string of the molecule is Cc1cc(C)c(S(=O)(=O)N2CCC(C)C(O)C2)c(C)c1N. The van der Waals surface area contributed by atoms with Gasteiger partial charge in [-0.05, 0) is 49.8 Å². The first kappa shape index (κ1) is 16.3. The number of rotatable bonds is 2. The zero-order valence-electron chi connectivity index (χ0n) is 13.0. The molecule has 1 aliphatic rings. The van der Waals surface area contributed by atoms with E-state index in [2.05, 4.69) is 0 Å². The molecule has 1 fully saturated rings. The maximum atomic E-state index is 12.9. The average molecular weight is 312 g/mol. The molecule has 21 heavy (non-hydrogen) atoms. The van der Waals surface area contributed by atoms with E-state index in [0.29, 0.717) is 29.8 Å². The third-order valence-corrected chi connectivity index (χ3v) is 6.60. The molecule has 1 saturated heterocycles. The summed E-state index contributed by atoms with van der Waals surface area (Å²) in [7, 11) is -3.63. The molecule has 0 aromatic heterocycles. The highest BCUT2D eigenvalue weighted by molar-refractivity contribution is 7.89. The van der Waals surface area contributed by atoms with Crippen LogP contribution in [-0.4, -0.2) is 37.0 Å². The van der Waals surface area contributed by atoms with Gasteiger partial charge in [-0.2, -0.15) is 4.31 Å². The van der Waals surface area contributed by atoms with Gasteiger partial charge in [0, 0.05) is 18.8 Å². The molecule has 0 bridgehead atoms. The quantitative estimate of drug-likeness (QED) is 0.812. The van der Waals surface area contributed by atoms with Crippen LogP contribution >= 0.6 is 0 Å². The van der Waals surface area contributed by atoms with Crippen molar-refractivity contribution in [2.75, 3.05) is 18.8 Å². The summed E-state index contributed by atoms with van der Waals surface area (Å²) in [6.07, 6.45) is 0.0526. The summed E-state index contributed by atoms with van der Waals surface area (Å²) in [6.45, 7) is 7.93. The predicted molar refractivity (Wildman–Crippen MR) is 83.6 cm³/mol. The van der Waals surface area contributed by atoms with Crippen molar-refractivity contribution in [2.24, 2.45) is 5.92 Å². The Kier molecular flexibility index (Phi) is 4.33. The number of sulfonamides is 1. The lowest BCUT2D eigenvalue weighted by Crippen LogP contribution is -2.46.